The Morgan fingerprint density at radius 3 is 2.49 bits per heavy atom. The van der Waals surface area contributed by atoms with E-state index >= 15 is 0 Å². The minimum Gasteiger partial charge on any atom is -0.478 e. The normalized spacial score (nSPS) is 18.2. The highest BCUT2D eigenvalue weighted by Gasteiger charge is 2.42. The van der Waals surface area contributed by atoms with E-state index < -0.39 is 44.8 Å². The SMILES string of the molecule is CC1CCCN(c2nc(C(F)(F)F)c(C(=O)Nc3ccc(N4CCC(S(=O)(=O)NCc5cccc(C(=O)O)c5)CC4)nc3)o2)C1. The summed E-state index contributed by atoms with van der Waals surface area (Å²) in [5, 5.41) is 10.9. The van der Waals surface area contributed by atoms with E-state index in [4.69, 9.17) is 9.52 Å². The van der Waals surface area contributed by atoms with E-state index in [-0.39, 0.29) is 29.7 Å². The molecule has 45 heavy (non-hydrogen) atoms. The summed E-state index contributed by atoms with van der Waals surface area (Å²) in [5.41, 5.74) is -0.643. The minimum atomic E-state index is -4.89. The molecule has 0 saturated carbocycles. The third-order valence-corrected chi connectivity index (χ3v) is 9.78. The zero-order chi connectivity index (χ0) is 32.4. The Morgan fingerprint density at radius 2 is 1.84 bits per heavy atom. The fourth-order valence-electron chi connectivity index (χ4n) is 5.50. The quantitative estimate of drug-likeness (QED) is 0.304. The summed E-state index contributed by atoms with van der Waals surface area (Å²) in [6.07, 6.45) is -1.23. The second kappa shape index (κ2) is 13.0. The Labute approximate surface area is 257 Å². The van der Waals surface area contributed by atoms with Gasteiger partial charge in [0.2, 0.25) is 15.8 Å². The number of carbonyl (C=O) groups excluding carboxylic acids is 1. The van der Waals surface area contributed by atoms with Gasteiger partial charge in [-0.25, -0.2) is 22.9 Å². The summed E-state index contributed by atoms with van der Waals surface area (Å²) < 4.78 is 74.9. The van der Waals surface area contributed by atoms with E-state index in [0.29, 0.717) is 50.4 Å². The number of pyridine rings is 1. The lowest BCUT2D eigenvalue weighted by molar-refractivity contribution is -0.141. The van der Waals surface area contributed by atoms with Gasteiger partial charge in [0.15, 0.2) is 5.69 Å². The first-order chi connectivity index (χ1) is 21.3. The van der Waals surface area contributed by atoms with Crippen molar-refractivity contribution in [2.24, 2.45) is 5.92 Å². The molecular formula is C29H33F3N6O6S. The Morgan fingerprint density at radius 1 is 1.09 bits per heavy atom. The smallest absolute Gasteiger partial charge is 0.437 e. The van der Waals surface area contributed by atoms with Gasteiger partial charge in [0, 0.05) is 32.7 Å². The lowest BCUT2D eigenvalue weighted by Gasteiger charge is -2.32. The predicted molar refractivity (Wildman–Crippen MR) is 159 cm³/mol. The van der Waals surface area contributed by atoms with E-state index in [1.807, 2.05) is 11.8 Å². The number of piperidine rings is 2. The highest BCUT2D eigenvalue weighted by Crippen LogP contribution is 2.35. The van der Waals surface area contributed by atoms with E-state index in [0.717, 1.165) is 12.8 Å². The molecule has 4 heterocycles. The lowest BCUT2D eigenvalue weighted by Crippen LogP contribution is -2.43. The van der Waals surface area contributed by atoms with Crippen molar-refractivity contribution in [1.29, 1.82) is 0 Å². The summed E-state index contributed by atoms with van der Waals surface area (Å²) in [6, 6.07) is 8.88. The van der Waals surface area contributed by atoms with Crippen LogP contribution in [0.1, 0.15) is 64.8 Å². The number of halogens is 3. The molecule has 12 nitrogen and oxygen atoms in total. The molecule has 2 fully saturated rings. The van der Waals surface area contributed by atoms with Crippen LogP contribution >= 0.6 is 0 Å². The minimum absolute atomic E-state index is 0.0320. The monoisotopic (exact) mass is 650 g/mol. The Balaban J connectivity index is 1.17. The first-order valence-corrected chi connectivity index (χ1v) is 16.0. The first-order valence-electron chi connectivity index (χ1n) is 14.5. The van der Waals surface area contributed by atoms with Crippen LogP contribution in [0, 0.1) is 5.92 Å². The van der Waals surface area contributed by atoms with Crippen LogP contribution in [0.5, 0.6) is 0 Å². The molecule has 3 N–H and O–H groups in total. The number of carboxylic acid groups (broad SMARTS) is 1. The third kappa shape index (κ3) is 7.73. The molecule has 2 aromatic heterocycles. The molecule has 0 spiro atoms. The Bertz CT molecular complexity index is 1640. The molecule has 1 unspecified atom stereocenters. The number of aromatic carboxylic acids is 1. The van der Waals surface area contributed by atoms with Gasteiger partial charge in [-0.2, -0.15) is 18.2 Å². The summed E-state index contributed by atoms with van der Waals surface area (Å²) in [4.78, 5) is 35.4. The second-order valence-corrected chi connectivity index (χ2v) is 13.3. The highest BCUT2D eigenvalue weighted by molar-refractivity contribution is 7.90. The number of carboxylic acids is 1. The number of nitrogens with zero attached hydrogens (tertiary/aromatic N) is 4. The average molecular weight is 651 g/mol. The number of benzene rings is 1. The molecular weight excluding hydrogens is 617 g/mol. The number of hydrogen-bond donors (Lipinski definition) is 3. The fraction of sp³-hybridized carbons (Fsp3) is 0.448. The molecule has 3 aromatic rings. The standard InChI is InChI=1S/C29H33F3N6O6S/c1-18-4-3-11-38(17-18)28-36-25(29(30,31)32)24(44-28)26(39)35-21-7-8-23(33-16-21)37-12-9-22(10-13-37)45(42,43)34-15-19-5-2-6-20(14-19)27(40)41/h2,5-8,14,16,18,22,34H,3-4,9-13,15,17H2,1H3,(H,35,39)(H,40,41). The van der Waals surface area contributed by atoms with Crippen LogP contribution in [0.25, 0.3) is 0 Å². The third-order valence-electron chi connectivity index (χ3n) is 7.88. The van der Waals surface area contributed by atoms with Crippen LogP contribution in [0.2, 0.25) is 0 Å². The number of alkyl halides is 3. The van der Waals surface area contributed by atoms with E-state index in [1.165, 1.54) is 24.4 Å². The molecule has 2 aliphatic heterocycles. The van der Waals surface area contributed by atoms with Gasteiger partial charge in [-0.3, -0.25) is 4.79 Å². The molecule has 1 atom stereocenters. The van der Waals surface area contributed by atoms with E-state index in [2.05, 4.69) is 20.0 Å². The van der Waals surface area contributed by atoms with Crippen molar-refractivity contribution in [3.63, 3.8) is 0 Å². The lowest BCUT2D eigenvalue weighted by atomic mass is 10.0. The van der Waals surface area contributed by atoms with Crippen molar-refractivity contribution in [2.75, 3.05) is 41.3 Å². The summed E-state index contributed by atoms with van der Waals surface area (Å²) >= 11 is 0. The van der Waals surface area contributed by atoms with Crippen LogP contribution in [0.3, 0.4) is 0 Å². The van der Waals surface area contributed by atoms with Crippen LogP contribution < -0.4 is 19.8 Å². The average Bonchev–Trinajstić information content (AvgIpc) is 3.48. The second-order valence-electron chi connectivity index (χ2n) is 11.3. The number of hydrogen-bond acceptors (Lipinski definition) is 9. The van der Waals surface area contributed by atoms with Gasteiger partial charge in [0.1, 0.15) is 5.82 Å². The van der Waals surface area contributed by atoms with Gasteiger partial charge in [-0.05, 0) is 61.4 Å². The molecule has 2 saturated heterocycles. The van der Waals surface area contributed by atoms with Crippen molar-refractivity contribution in [1.82, 2.24) is 14.7 Å². The molecule has 1 aromatic carbocycles. The van der Waals surface area contributed by atoms with Gasteiger partial charge in [-0.15, -0.1) is 0 Å². The number of rotatable bonds is 9. The number of amides is 1. The van der Waals surface area contributed by atoms with E-state index in [1.54, 1.807) is 23.1 Å². The molecule has 0 radical (unpaired) electrons. The molecule has 5 rings (SSSR count). The summed E-state index contributed by atoms with van der Waals surface area (Å²) in [5.74, 6) is -2.36. The highest BCUT2D eigenvalue weighted by atomic mass is 32.2. The zero-order valence-corrected chi connectivity index (χ0v) is 25.2. The fourth-order valence-corrected chi connectivity index (χ4v) is 6.93. The van der Waals surface area contributed by atoms with Crippen molar-refractivity contribution < 1.29 is 40.7 Å². The Hall–Kier alpha value is -4.18. The van der Waals surface area contributed by atoms with Crippen molar-refractivity contribution in [3.8, 4) is 0 Å². The maximum atomic E-state index is 13.7. The number of sulfonamides is 1. The molecule has 0 aliphatic carbocycles. The maximum Gasteiger partial charge on any atom is 0.437 e. The van der Waals surface area contributed by atoms with Crippen molar-refractivity contribution >= 4 is 39.4 Å². The number of aromatic nitrogens is 2. The van der Waals surface area contributed by atoms with Gasteiger partial charge >= 0.3 is 12.1 Å². The summed E-state index contributed by atoms with van der Waals surface area (Å²) in [6.45, 7) is 3.67. The predicted octanol–water partition coefficient (Wildman–Crippen LogP) is 4.36. The first kappa shape index (κ1) is 32.2. The largest absolute Gasteiger partial charge is 0.478 e. The van der Waals surface area contributed by atoms with Crippen LogP contribution in [-0.2, 0) is 22.7 Å². The van der Waals surface area contributed by atoms with Crippen LogP contribution in [0.15, 0.2) is 47.0 Å². The Kier molecular flexibility index (Phi) is 9.34. The number of oxazole rings is 1. The van der Waals surface area contributed by atoms with Gasteiger partial charge in [-0.1, -0.05) is 19.1 Å². The van der Waals surface area contributed by atoms with Gasteiger partial charge in [0.25, 0.3) is 11.9 Å². The zero-order valence-electron chi connectivity index (χ0n) is 24.4. The molecule has 0 bridgehead atoms. The van der Waals surface area contributed by atoms with Crippen molar-refractivity contribution in [2.45, 2.75) is 50.6 Å². The van der Waals surface area contributed by atoms with Gasteiger partial charge in [0.05, 0.1) is 22.7 Å². The molecule has 242 valence electrons. The molecule has 2 aliphatic rings. The van der Waals surface area contributed by atoms with Crippen molar-refractivity contribution in [3.05, 3.63) is 65.2 Å². The van der Waals surface area contributed by atoms with Gasteiger partial charge < -0.3 is 24.6 Å². The topological polar surface area (TPSA) is 158 Å². The summed E-state index contributed by atoms with van der Waals surface area (Å²) in [7, 11) is -3.68. The molecule has 1 amide bonds. The van der Waals surface area contributed by atoms with Crippen LogP contribution in [-0.4, -0.2) is 66.8 Å². The number of carbonyl (C=O) groups is 2. The van der Waals surface area contributed by atoms with Crippen LogP contribution in [0.4, 0.5) is 30.7 Å². The maximum absolute atomic E-state index is 13.7. The number of nitrogens with one attached hydrogen (secondary N) is 2. The number of anilines is 3. The molecule has 16 heteroatoms. The van der Waals surface area contributed by atoms with E-state index in [9.17, 15) is 31.2 Å².